The van der Waals surface area contributed by atoms with Crippen molar-refractivity contribution in [2.75, 3.05) is 0 Å². The van der Waals surface area contributed by atoms with E-state index in [-0.39, 0.29) is 5.41 Å². The first-order valence-corrected chi connectivity index (χ1v) is 10.5. The molecule has 2 unspecified atom stereocenters. The molecule has 0 amide bonds. The van der Waals surface area contributed by atoms with Gasteiger partial charge in [-0.15, -0.1) is 0 Å². The molecule has 3 heteroatoms. The maximum Gasteiger partial charge on any atom is 0.147 e. The second-order valence-electron chi connectivity index (χ2n) is 10.7. The number of fused-ring (bicyclic) bond motifs is 10. The predicted molar refractivity (Wildman–Crippen MR) is 115 cm³/mol. The zero-order chi connectivity index (χ0) is 19.5. The van der Waals surface area contributed by atoms with Crippen LogP contribution in [0.5, 0.6) is 0 Å². The van der Waals surface area contributed by atoms with E-state index in [9.17, 15) is 0 Å². The summed E-state index contributed by atoms with van der Waals surface area (Å²) in [6, 6.07) is 11.3. The molecule has 2 atom stereocenters. The molecule has 28 heavy (non-hydrogen) atoms. The lowest BCUT2D eigenvalue weighted by Crippen LogP contribution is -2.17. The minimum absolute atomic E-state index is 0.0470. The molecular weight excluding hydrogens is 342 g/mol. The van der Waals surface area contributed by atoms with Crippen LogP contribution in [0.15, 0.2) is 36.5 Å². The Balaban J connectivity index is 1.65. The highest BCUT2D eigenvalue weighted by atomic mass is 15.0. The summed E-state index contributed by atoms with van der Waals surface area (Å²) >= 11 is 0. The van der Waals surface area contributed by atoms with Gasteiger partial charge in [-0.2, -0.15) is 0 Å². The van der Waals surface area contributed by atoms with Gasteiger partial charge in [0.25, 0.3) is 0 Å². The summed E-state index contributed by atoms with van der Waals surface area (Å²) in [6.07, 6.45) is 6.04. The Morgan fingerprint density at radius 1 is 0.893 bits per heavy atom. The fourth-order valence-electron chi connectivity index (χ4n) is 5.88. The monoisotopic (exact) mass is 369 g/mol. The average molecular weight is 370 g/mol. The Hall–Kier alpha value is -2.42. The van der Waals surface area contributed by atoms with Crippen LogP contribution in [0.3, 0.4) is 0 Å². The van der Waals surface area contributed by atoms with Crippen LogP contribution >= 0.6 is 0 Å². The van der Waals surface area contributed by atoms with Gasteiger partial charge in [-0.1, -0.05) is 34.6 Å². The highest BCUT2D eigenvalue weighted by Gasteiger charge is 2.53. The summed E-state index contributed by atoms with van der Waals surface area (Å²) in [5.41, 5.74) is 9.32. The molecule has 0 spiro atoms. The second-order valence-corrected chi connectivity index (χ2v) is 10.7. The molecule has 142 valence electrons. The summed E-state index contributed by atoms with van der Waals surface area (Å²) in [5.74, 6) is 0. The van der Waals surface area contributed by atoms with E-state index in [0.29, 0.717) is 10.8 Å². The minimum atomic E-state index is 0.0470. The highest BCUT2D eigenvalue weighted by Crippen LogP contribution is 2.60. The van der Waals surface area contributed by atoms with Crippen molar-refractivity contribution in [2.45, 2.75) is 70.1 Å². The van der Waals surface area contributed by atoms with Gasteiger partial charge in [-0.25, -0.2) is 4.98 Å². The maximum atomic E-state index is 5.07. The van der Waals surface area contributed by atoms with Crippen LogP contribution in [0, 0.1) is 0 Å². The van der Waals surface area contributed by atoms with Crippen LogP contribution in [-0.2, 0) is 16.2 Å². The molecule has 3 heterocycles. The van der Waals surface area contributed by atoms with Crippen LogP contribution in [0.2, 0.25) is 0 Å². The number of pyridine rings is 2. The number of hydrogen-bond acceptors (Lipinski definition) is 2. The van der Waals surface area contributed by atoms with Gasteiger partial charge in [0, 0.05) is 22.7 Å². The van der Waals surface area contributed by atoms with Gasteiger partial charge in [0.15, 0.2) is 0 Å². The molecule has 2 aliphatic carbocycles. The number of rotatable bonds is 0. The van der Waals surface area contributed by atoms with Crippen molar-refractivity contribution in [3.8, 4) is 0 Å². The summed E-state index contributed by atoms with van der Waals surface area (Å²) in [6.45, 7) is 11.5. The van der Waals surface area contributed by atoms with Crippen LogP contribution in [0.1, 0.15) is 70.7 Å². The zero-order valence-electron chi connectivity index (χ0n) is 17.4. The van der Waals surface area contributed by atoms with Crippen molar-refractivity contribution in [3.63, 3.8) is 0 Å². The van der Waals surface area contributed by atoms with E-state index < -0.39 is 0 Å². The molecule has 1 aromatic carbocycles. The standard InChI is InChI=1S/C25H27N3/c1-23(2,3)21-7-6-15-18(26-21)8-11-28-20-13-17-16(12-19(20)27-22(15)28)24(4)9-10-25(17,5)14-24/h6-8,11-13H,9-10,14H2,1-5H3. The van der Waals surface area contributed by atoms with Crippen LogP contribution < -0.4 is 0 Å². The number of aromatic nitrogens is 3. The molecule has 0 aliphatic heterocycles. The van der Waals surface area contributed by atoms with E-state index >= 15 is 0 Å². The highest BCUT2D eigenvalue weighted by molar-refractivity contribution is 5.97. The van der Waals surface area contributed by atoms with Gasteiger partial charge in [-0.05, 0) is 71.6 Å². The number of nitrogens with zero attached hydrogens (tertiary/aromatic N) is 3. The molecule has 2 bridgehead atoms. The summed E-state index contributed by atoms with van der Waals surface area (Å²) in [7, 11) is 0. The molecule has 0 radical (unpaired) electrons. The van der Waals surface area contributed by atoms with E-state index in [0.717, 1.165) is 27.8 Å². The van der Waals surface area contributed by atoms with Gasteiger partial charge in [0.05, 0.1) is 16.6 Å². The summed E-state index contributed by atoms with van der Waals surface area (Å²) in [4.78, 5) is 10.0. The first-order valence-electron chi connectivity index (χ1n) is 10.5. The van der Waals surface area contributed by atoms with Crippen LogP contribution in [0.25, 0.3) is 27.6 Å². The minimum Gasteiger partial charge on any atom is -0.299 e. The molecule has 1 fully saturated rings. The van der Waals surface area contributed by atoms with Crippen LogP contribution in [0.4, 0.5) is 0 Å². The largest absolute Gasteiger partial charge is 0.299 e. The quantitative estimate of drug-likeness (QED) is 0.378. The molecule has 3 nitrogen and oxygen atoms in total. The number of imidazole rings is 1. The van der Waals surface area contributed by atoms with Gasteiger partial charge < -0.3 is 0 Å². The van der Waals surface area contributed by atoms with E-state index in [1.165, 1.54) is 30.3 Å². The van der Waals surface area contributed by atoms with Crippen molar-refractivity contribution >= 4 is 27.6 Å². The molecule has 0 saturated heterocycles. The normalized spacial score (nSPS) is 26.6. The first-order chi connectivity index (χ1) is 13.2. The molecule has 4 aromatic rings. The smallest absolute Gasteiger partial charge is 0.147 e. The predicted octanol–water partition coefficient (Wildman–Crippen LogP) is 6.05. The average Bonchev–Trinajstić information content (AvgIpc) is 3.23. The third-order valence-electron chi connectivity index (χ3n) is 7.45. The molecule has 3 aromatic heterocycles. The Kier molecular flexibility index (Phi) is 2.81. The van der Waals surface area contributed by atoms with Gasteiger partial charge in [0.1, 0.15) is 5.65 Å². The Morgan fingerprint density at radius 2 is 1.61 bits per heavy atom. The van der Waals surface area contributed by atoms with Crippen molar-refractivity contribution < 1.29 is 0 Å². The molecule has 0 N–H and O–H groups in total. The molecule has 6 rings (SSSR count). The van der Waals surface area contributed by atoms with E-state index in [1.54, 1.807) is 5.56 Å². The lowest BCUT2D eigenvalue weighted by molar-refractivity contribution is 0.484. The van der Waals surface area contributed by atoms with E-state index in [1.807, 2.05) is 0 Å². The summed E-state index contributed by atoms with van der Waals surface area (Å²) in [5, 5.41) is 1.13. The Labute approximate surface area is 165 Å². The SMILES string of the molecule is CC(C)(C)c1ccc2c(ccn3c4cc5c(cc4nc23)C2(C)CCC5(C)C2)n1. The van der Waals surface area contributed by atoms with Crippen molar-refractivity contribution in [1.29, 1.82) is 0 Å². The summed E-state index contributed by atoms with van der Waals surface area (Å²) < 4.78 is 2.26. The fraction of sp³-hybridized carbons (Fsp3) is 0.440. The van der Waals surface area contributed by atoms with Crippen molar-refractivity contribution in [2.24, 2.45) is 0 Å². The van der Waals surface area contributed by atoms with Gasteiger partial charge >= 0.3 is 0 Å². The number of hydrogen-bond donors (Lipinski definition) is 0. The Bertz CT molecular complexity index is 1310. The van der Waals surface area contributed by atoms with E-state index in [4.69, 9.17) is 9.97 Å². The van der Waals surface area contributed by atoms with Gasteiger partial charge in [-0.3, -0.25) is 9.38 Å². The first kappa shape index (κ1) is 16.5. The lowest BCUT2D eigenvalue weighted by atomic mass is 9.78. The second kappa shape index (κ2) is 4.76. The molecule has 2 aliphatic rings. The van der Waals surface area contributed by atoms with E-state index in [2.05, 4.69) is 75.5 Å². The third kappa shape index (κ3) is 1.95. The Morgan fingerprint density at radius 3 is 2.32 bits per heavy atom. The van der Waals surface area contributed by atoms with Crippen molar-refractivity contribution in [1.82, 2.24) is 14.4 Å². The number of benzene rings is 1. The lowest BCUT2D eigenvalue weighted by Gasteiger charge is -2.26. The molecular formula is C25H27N3. The fourth-order valence-corrected chi connectivity index (χ4v) is 5.88. The van der Waals surface area contributed by atoms with Gasteiger partial charge in [0.2, 0.25) is 0 Å². The third-order valence-corrected chi connectivity index (χ3v) is 7.45. The topological polar surface area (TPSA) is 30.2 Å². The van der Waals surface area contributed by atoms with Crippen molar-refractivity contribution in [3.05, 3.63) is 53.3 Å². The molecule has 1 saturated carbocycles. The maximum absolute atomic E-state index is 5.07. The van der Waals surface area contributed by atoms with Crippen LogP contribution in [-0.4, -0.2) is 14.4 Å². The zero-order valence-corrected chi connectivity index (χ0v) is 17.4.